The number of likely N-dealkylation sites (tertiary alicyclic amines) is 1. The fourth-order valence-electron chi connectivity index (χ4n) is 2.69. The lowest BCUT2D eigenvalue weighted by Crippen LogP contribution is -2.43. The van der Waals surface area contributed by atoms with Crippen molar-refractivity contribution in [2.24, 2.45) is 0 Å². The Morgan fingerprint density at radius 3 is 2.75 bits per heavy atom. The average molecular weight is 327 g/mol. The van der Waals surface area contributed by atoms with Crippen molar-refractivity contribution in [2.45, 2.75) is 25.9 Å². The maximum Gasteiger partial charge on any atom is 0.260 e. The van der Waals surface area contributed by atoms with Gasteiger partial charge in [-0.05, 0) is 18.6 Å². The number of hydrogen-bond acceptors (Lipinski definition) is 5. The molecular weight excluding hydrogens is 306 g/mol. The van der Waals surface area contributed by atoms with E-state index in [1.807, 2.05) is 36.1 Å². The molecule has 0 aliphatic carbocycles. The highest BCUT2D eigenvalue weighted by atomic mass is 16.5. The standard InChI is InChI=1S/C18H21N3O3/c1-14-4-2-3-5-16(14)23-12-18(22)21-10-7-15(8-11-21)24-17-6-9-19-13-20-17/h2-6,9,13,15H,7-8,10-12H2,1H3. The number of piperidine rings is 1. The molecule has 0 saturated carbocycles. The fraction of sp³-hybridized carbons (Fsp3) is 0.389. The van der Waals surface area contributed by atoms with Gasteiger partial charge in [0.05, 0.1) is 0 Å². The minimum absolute atomic E-state index is 0.0127. The van der Waals surface area contributed by atoms with E-state index in [2.05, 4.69) is 9.97 Å². The maximum atomic E-state index is 12.3. The molecule has 0 N–H and O–H groups in total. The summed E-state index contributed by atoms with van der Waals surface area (Å²) in [5.41, 5.74) is 1.03. The van der Waals surface area contributed by atoms with E-state index in [0.717, 1.165) is 24.2 Å². The summed E-state index contributed by atoms with van der Waals surface area (Å²) in [6, 6.07) is 9.45. The number of benzene rings is 1. The van der Waals surface area contributed by atoms with Crippen LogP contribution >= 0.6 is 0 Å². The third kappa shape index (κ3) is 4.22. The first-order valence-corrected chi connectivity index (χ1v) is 8.11. The summed E-state index contributed by atoms with van der Waals surface area (Å²) in [5.74, 6) is 1.35. The van der Waals surface area contributed by atoms with Crippen molar-refractivity contribution in [3.63, 3.8) is 0 Å². The number of nitrogens with zero attached hydrogens (tertiary/aromatic N) is 3. The van der Waals surface area contributed by atoms with Gasteiger partial charge in [0, 0.05) is 38.2 Å². The number of carbonyl (C=O) groups is 1. The fourth-order valence-corrected chi connectivity index (χ4v) is 2.69. The number of hydrogen-bond donors (Lipinski definition) is 0. The van der Waals surface area contributed by atoms with Gasteiger partial charge in [0.2, 0.25) is 5.88 Å². The average Bonchev–Trinajstić information content (AvgIpc) is 2.62. The predicted octanol–water partition coefficient (Wildman–Crippen LogP) is 2.23. The van der Waals surface area contributed by atoms with Crippen LogP contribution in [0.25, 0.3) is 0 Å². The highest BCUT2D eigenvalue weighted by Crippen LogP contribution is 2.18. The van der Waals surface area contributed by atoms with Crippen molar-refractivity contribution in [1.29, 1.82) is 0 Å². The van der Waals surface area contributed by atoms with Gasteiger partial charge < -0.3 is 14.4 Å². The Kier molecular flexibility index (Phi) is 5.25. The molecule has 6 nitrogen and oxygen atoms in total. The summed E-state index contributed by atoms with van der Waals surface area (Å²) >= 11 is 0. The van der Waals surface area contributed by atoms with E-state index in [-0.39, 0.29) is 18.6 Å². The number of carbonyl (C=O) groups excluding carboxylic acids is 1. The van der Waals surface area contributed by atoms with Gasteiger partial charge in [0.15, 0.2) is 6.61 Å². The minimum atomic E-state index is 0.0127. The van der Waals surface area contributed by atoms with Gasteiger partial charge in [-0.15, -0.1) is 0 Å². The van der Waals surface area contributed by atoms with Gasteiger partial charge in [-0.1, -0.05) is 18.2 Å². The van der Waals surface area contributed by atoms with Crippen molar-refractivity contribution in [2.75, 3.05) is 19.7 Å². The van der Waals surface area contributed by atoms with E-state index in [0.29, 0.717) is 19.0 Å². The summed E-state index contributed by atoms with van der Waals surface area (Å²) in [7, 11) is 0. The van der Waals surface area contributed by atoms with E-state index < -0.39 is 0 Å². The Balaban J connectivity index is 1.44. The summed E-state index contributed by atoms with van der Waals surface area (Å²) in [5, 5.41) is 0. The number of aryl methyl sites for hydroxylation is 1. The number of ether oxygens (including phenoxy) is 2. The van der Waals surface area contributed by atoms with E-state index in [9.17, 15) is 4.79 Å². The van der Waals surface area contributed by atoms with Gasteiger partial charge in [-0.2, -0.15) is 0 Å². The Labute approximate surface area is 141 Å². The second-order valence-electron chi connectivity index (χ2n) is 5.80. The molecule has 0 atom stereocenters. The van der Waals surface area contributed by atoms with Crippen molar-refractivity contribution >= 4 is 5.91 Å². The predicted molar refractivity (Wildman–Crippen MR) is 88.9 cm³/mol. The van der Waals surface area contributed by atoms with Crippen molar-refractivity contribution in [3.8, 4) is 11.6 Å². The molecule has 1 fully saturated rings. The van der Waals surface area contributed by atoms with Crippen molar-refractivity contribution < 1.29 is 14.3 Å². The highest BCUT2D eigenvalue weighted by Gasteiger charge is 2.24. The summed E-state index contributed by atoms with van der Waals surface area (Å²) in [6.45, 7) is 3.38. The van der Waals surface area contributed by atoms with Crippen LogP contribution in [0, 0.1) is 6.92 Å². The Morgan fingerprint density at radius 1 is 1.25 bits per heavy atom. The molecule has 126 valence electrons. The quantitative estimate of drug-likeness (QED) is 0.842. The van der Waals surface area contributed by atoms with Crippen LogP contribution < -0.4 is 9.47 Å². The zero-order chi connectivity index (χ0) is 16.8. The molecule has 0 bridgehead atoms. The maximum absolute atomic E-state index is 12.3. The lowest BCUT2D eigenvalue weighted by molar-refractivity contribution is -0.135. The summed E-state index contributed by atoms with van der Waals surface area (Å²) in [4.78, 5) is 22.1. The lowest BCUT2D eigenvalue weighted by atomic mass is 10.1. The van der Waals surface area contributed by atoms with Gasteiger partial charge in [0.1, 0.15) is 18.2 Å². The van der Waals surface area contributed by atoms with E-state index in [4.69, 9.17) is 9.47 Å². The van der Waals surface area contributed by atoms with Crippen LogP contribution in [0.4, 0.5) is 0 Å². The number of amides is 1. The van der Waals surface area contributed by atoms with Crippen molar-refractivity contribution in [1.82, 2.24) is 14.9 Å². The zero-order valence-electron chi connectivity index (χ0n) is 13.7. The molecule has 0 unspecified atom stereocenters. The van der Waals surface area contributed by atoms with Crippen LogP contribution in [0.2, 0.25) is 0 Å². The molecule has 2 heterocycles. The lowest BCUT2D eigenvalue weighted by Gasteiger charge is -2.31. The molecule has 1 aliphatic heterocycles. The van der Waals surface area contributed by atoms with Gasteiger partial charge in [0.25, 0.3) is 5.91 Å². The second-order valence-corrected chi connectivity index (χ2v) is 5.80. The van der Waals surface area contributed by atoms with Gasteiger partial charge in [-0.25, -0.2) is 9.97 Å². The number of para-hydroxylation sites is 1. The van der Waals surface area contributed by atoms with Gasteiger partial charge >= 0.3 is 0 Å². The molecule has 0 radical (unpaired) electrons. The largest absolute Gasteiger partial charge is 0.484 e. The first kappa shape index (κ1) is 16.2. The number of rotatable bonds is 5. The SMILES string of the molecule is Cc1ccccc1OCC(=O)N1CCC(Oc2ccncn2)CC1. The first-order chi connectivity index (χ1) is 11.7. The Hall–Kier alpha value is -2.63. The molecule has 3 rings (SSSR count). The highest BCUT2D eigenvalue weighted by molar-refractivity contribution is 5.77. The minimum Gasteiger partial charge on any atom is -0.484 e. The van der Waals surface area contributed by atoms with Crippen LogP contribution in [0.3, 0.4) is 0 Å². The van der Waals surface area contributed by atoms with Crippen LogP contribution in [0.15, 0.2) is 42.9 Å². The molecule has 1 saturated heterocycles. The van der Waals surface area contributed by atoms with Crippen LogP contribution in [0.5, 0.6) is 11.6 Å². The third-order valence-corrected chi connectivity index (χ3v) is 4.08. The molecule has 24 heavy (non-hydrogen) atoms. The van der Waals surface area contributed by atoms with E-state index >= 15 is 0 Å². The second kappa shape index (κ2) is 7.77. The molecule has 0 spiro atoms. The Morgan fingerprint density at radius 2 is 2.04 bits per heavy atom. The summed E-state index contributed by atoms with van der Waals surface area (Å²) in [6.07, 6.45) is 4.79. The molecule has 6 heteroatoms. The smallest absolute Gasteiger partial charge is 0.260 e. The summed E-state index contributed by atoms with van der Waals surface area (Å²) < 4.78 is 11.4. The monoisotopic (exact) mass is 327 g/mol. The third-order valence-electron chi connectivity index (χ3n) is 4.08. The molecule has 1 amide bonds. The van der Waals surface area contributed by atoms with Gasteiger partial charge in [-0.3, -0.25) is 4.79 Å². The zero-order valence-corrected chi connectivity index (χ0v) is 13.7. The first-order valence-electron chi connectivity index (χ1n) is 8.11. The van der Waals surface area contributed by atoms with Crippen LogP contribution in [0.1, 0.15) is 18.4 Å². The molecular formula is C18H21N3O3. The van der Waals surface area contributed by atoms with Crippen LogP contribution in [-0.4, -0.2) is 46.6 Å². The molecule has 1 aliphatic rings. The molecule has 2 aromatic rings. The Bertz CT molecular complexity index is 670. The molecule has 1 aromatic heterocycles. The normalized spacial score (nSPS) is 15.1. The van der Waals surface area contributed by atoms with E-state index in [1.54, 1.807) is 12.3 Å². The number of aromatic nitrogens is 2. The molecule has 1 aromatic carbocycles. The van der Waals surface area contributed by atoms with Crippen LogP contribution in [-0.2, 0) is 4.79 Å². The van der Waals surface area contributed by atoms with E-state index in [1.165, 1.54) is 6.33 Å². The topological polar surface area (TPSA) is 64.5 Å². The van der Waals surface area contributed by atoms with Crippen molar-refractivity contribution in [3.05, 3.63) is 48.4 Å².